The van der Waals surface area contributed by atoms with Crippen LogP contribution in [-0.4, -0.2) is 30.4 Å². The van der Waals surface area contributed by atoms with Crippen LogP contribution in [0.1, 0.15) is 12.7 Å². The molecule has 21 heavy (non-hydrogen) atoms. The SMILES string of the molecule is Cn1c(C(C)(N)C(F)(F)F)nc2c(S(C)(=O)=O)cccc21. The first kappa shape index (κ1) is 15.8. The van der Waals surface area contributed by atoms with Crippen LogP contribution in [0.2, 0.25) is 0 Å². The van der Waals surface area contributed by atoms with Crippen molar-refractivity contribution < 1.29 is 21.6 Å². The van der Waals surface area contributed by atoms with Crippen molar-refractivity contribution in [3.63, 3.8) is 0 Å². The standard InChI is InChI=1S/C12H14F3N3O2S/c1-11(16,12(13,14)15)10-17-9-7(18(10)2)5-4-6-8(9)21(3,19)20/h4-6H,16H2,1-3H3. The maximum absolute atomic E-state index is 13.1. The van der Waals surface area contributed by atoms with E-state index in [1.807, 2.05) is 0 Å². The van der Waals surface area contributed by atoms with Crippen molar-refractivity contribution in [3.05, 3.63) is 24.0 Å². The van der Waals surface area contributed by atoms with Crippen LogP contribution in [0.25, 0.3) is 11.0 Å². The topological polar surface area (TPSA) is 78.0 Å². The van der Waals surface area contributed by atoms with Gasteiger partial charge >= 0.3 is 6.18 Å². The third-order valence-electron chi connectivity index (χ3n) is 3.33. The number of benzene rings is 1. The number of aromatic nitrogens is 2. The average Bonchev–Trinajstić information content (AvgIpc) is 2.65. The first-order valence-corrected chi connectivity index (χ1v) is 7.78. The summed E-state index contributed by atoms with van der Waals surface area (Å²) >= 11 is 0. The number of hydrogen-bond donors (Lipinski definition) is 1. The van der Waals surface area contributed by atoms with Gasteiger partial charge in [0.2, 0.25) is 0 Å². The third-order valence-corrected chi connectivity index (χ3v) is 4.46. The highest BCUT2D eigenvalue weighted by atomic mass is 32.2. The molecule has 1 aromatic heterocycles. The molecule has 0 amide bonds. The molecule has 0 fully saturated rings. The molecule has 0 aliphatic rings. The number of sulfone groups is 1. The summed E-state index contributed by atoms with van der Waals surface area (Å²) in [5.74, 6) is -0.443. The summed E-state index contributed by atoms with van der Waals surface area (Å²) in [5.41, 5.74) is 2.95. The van der Waals surface area contributed by atoms with Crippen molar-refractivity contribution in [1.29, 1.82) is 0 Å². The molecule has 0 bridgehead atoms. The lowest BCUT2D eigenvalue weighted by molar-refractivity contribution is -0.186. The molecule has 2 aromatic rings. The molecule has 1 atom stereocenters. The molecule has 1 unspecified atom stereocenters. The van der Waals surface area contributed by atoms with Gasteiger partial charge in [0.1, 0.15) is 11.3 Å². The monoisotopic (exact) mass is 321 g/mol. The minimum atomic E-state index is -4.71. The number of hydrogen-bond acceptors (Lipinski definition) is 4. The van der Waals surface area contributed by atoms with Gasteiger partial charge in [0.05, 0.1) is 10.4 Å². The minimum Gasteiger partial charge on any atom is -0.329 e. The van der Waals surface area contributed by atoms with E-state index in [0.717, 1.165) is 17.7 Å². The van der Waals surface area contributed by atoms with Gasteiger partial charge in [-0.2, -0.15) is 13.2 Å². The zero-order valence-electron chi connectivity index (χ0n) is 11.6. The van der Waals surface area contributed by atoms with E-state index >= 15 is 0 Å². The Morgan fingerprint density at radius 3 is 2.33 bits per heavy atom. The Bertz CT molecular complexity index is 807. The van der Waals surface area contributed by atoms with E-state index in [1.165, 1.54) is 25.2 Å². The molecule has 5 nitrogen and oxygen atoms in total. The molecular weight excluding hydrogens is 307 g/mol. The number of alkyl halides is 3. The van der Waals surface area contributed by atoms with Crippen LogP contribution < -0.4 is 5.73 Å². The van der Waals surface area contributed by atoms with Crippen molar-refractivity contribution in [3.8, 4) is 0 Å². The van der Waals surface area contributed by atoms with Gasteiger partial charge < -0.3 is 10.3 Å². The van der Waals surface area contributed by atoms with Gasteiger partial charge in [0.25, 0.3) is 0 Å². The van der Waals surface area contributed by atoms with Crippen LogP contribution in [0.4, 0.5) is 13.2 Å². The van der Waals surface area contributed by atoms with Gasteiger partial charge in [-0.05, 0) is 19.1 Å². The zero-order chi connectivity index (χ0) is 16.2. The Balaban J connectivity index is 2.85. The van der Waals surface area contributed by atoms with Gasteiger partial charge in [0.15, 0.2) is 15.4 Å². The highest BCUT2D eigenvalue weighted by Gasteiger charge is 2.52. The zero-order valence-corrected chi connectivity index (χ0v) is 12.4. The normalized spacial score (nSPS) is 16.1. The quantitative estimate of drug-likeness (QED) is 0.913. The van der Waals surface area contributed by atoms with E-state index in [4.69, 9.17) is 5.73 Å². The van der Waals surface area contributed by atoms with E-state index < -0.39 is 27.4 Å². The molecular formula is C12H14F3N3O2S. The Morgan fingerprint density at radius 1 is 1.29 bits per heavy atom. The summed E-state index contributed by atoms with van der Waals surface area (Å²) in [7, 11) is -2.24. The summed E-state index contributed by atoms with van der Waals surface area (Å²) in [6, 6.07) is 4.24. The molecule has 9 heteroatoms. The summed E-state index contributed by atoms with van der Waals surface area (Å²) in [5, 5.41) is 0. The number of rotatable bonds is 2. The second-order valence-electron chi connectivity index (χ2n) is 5.09. The number of halogens is 3. The summed E-state index contributed by atoms with van der Waals surface area (Å²) in [4.78, 5) is 3.73. The maximum atomic E-state index is 13.1. The third kappa shape index (κ3) is 2.40. The van der Waals surface area contributed by atoms with E-state index in [-0.39, 0.29) is 15.9 Å². The Hall–Kier alpha value is -1.61. The molecule has 1 aromatic carbocycles. The molecule has 2 N–H and O–H groups in total. The molecule has 0 aliphatic heterocycles. The number of aryl methyl sites for hydroxylation is 1. The molecule has 0 saturated carbocycles. The van der Waals surface area contributed by atoms with Crippen LogP contribution in [0.3, 0.4) is 0 Å². The van der Waals surface area contributed by atoms with Gasteiger partial charge in [-0.25, -0.2) is 13.4 Å². The predicted molar refractivity (Wildman–Crippen MR) is 71.4 cm³/mol. The summed E-state index contributed by atoms with van der Waals surface area (Å²) < 4.78 is 63.8. The van der Waals surface area contributed by atoms with Crippen molar-refractivity contribution in [2.45, 2.75) is 23.5 Å². The molecule has 1 heterocycles. The second-order valence-corrected chi connectivity index (χ2v) is 7.07. The Labute approximate surface area is 119 Å². The fraction of sp³-hybridized carbons (Fsp3) is 0.417. The molecule has 0 saturated heterocycles. The number of nitrogens with two attached hydrogens (primary N) is 1. The molecule has 2 rings (SSSR count). The van der Waals surface area contributed by atoms with Crippen LogP contribution >= 0.6 is 0 Å². The van der Waals surface area contributed by atoms with E-state index in [9.17, 15) is 21.6 Å². The van der Waals surface area contributed by atoms with E-state index in [2.05, 4.69) is 4.98 Å². The maximum Gasteiger partial charge on any atom is 0.413 e. The van der Waals surface area contributed by atoms with Crippen molar-refractivity contribution >= 4 is 20.9 Å². The molecule has 116 valence electrons. The van der Waals surface area contributed by atoms with Gasteiger partial charge in [-0.1, -0.05) is 6.07 Å². The van der Waals surface area contributed by atoms with Gasteiger partial charge in [0, 0.05) is 13.3 Å². The van der Waals surface area contributed by atoms with Crippen LogP contribution in [0.15, 0.2) is 23.1 Å². The van der Waals surface area contributed by atoms with E-state index in [0.29, 0.717) is 0 Å². The number of imidazole rings is 1. The first-order valence-electron chi connectivity index (χ1n) is 5.89. The number of para-hydroxylation sites is 1. The fourth-order valence-corrected chi connectivity index (χ4v) is 2.91. The van der Waals surface area contributed by atoms with Gasteiger partial charge in [-0.3, -0.25) is 0 Å². The van der Waals surface area contributed by atoms with Crippen molar-refractivity contribution in [2.24, 2.45) is 12.8 Å². The van der Waals surface area contributed by atoms with Crippen LogP contribution in [0.5, 0.6) is 0 Å². The highest BCUT2D eigenvalue weighted by Crippen LogP contribution is 2.37. The first-order chi connectivity index (χ1) is 9.37. The van der Waals surface area contributed by atoms with Crippen LogP contribution in [-0.2, 0) is 22.4 Å². The van der Waals surface area contributed by atoms with Crippen molar-refractivity contribution in [1.82, 2.24) is 9.55 Å². The molecule has 0 spiro atoms. The largest absolute Gasteiger partial charge is 0.413 e. The van der Waals surface area contributed by atoms with Crippen molar-refractivity contribution in [2.75, 3.05) is 6.26 Å². The molecule has 0 radical (unpaired) electrons. The van der Waals surface area contributed by atoms with E-state index in [1.54, 1.807) is 0 Å². The second kappa shape index (κ2) is 4.44. The van der Waals surface area contributed by atoms with Gasteiger partial charge in [-0.15, -0.1) is 0 Å². The fourth-order valence-electron chi connectivity index (χ4n) is 2.08. The smallest absolute Gasteiger partial charge is 0.329 e. The number of nitrogens with zero attached hydrogens (tertiary/aromatic N) is 2. The number of fused-ring (bicyclic) bond motifs is 1. The Kier molecular flexibility index (Phi) is 3.34. The highest BCUT2D eigenvalue weighted by molar-refractivity contribution is 7.91. The predicted octanol–water partition coefficient (Wildman–Crippen LogP) is 1.71. The molecule has 0 aliphatic carbocycles. The van der Waals surface area contributed by atoms with Crippen LogP contribution in [0, 0.1) is 0 Å². The average molecular weight is 321 g/mol. The summed E-state index contributed by atoms with van der Waals surface area (Å²) in [6.07, 6.45) is -3.74. The minimum absolute atomic E-state index is 0.0153. The summed E-state index contributed by atoms with van der Waals surface area (Å²) in [6.45, 7) is 0.800. The lowest BCUT2D eigenvalue weighted by Gasteiger charge is -2.26. The lowest BCUT2D eigenvalue weighted by Crippen LogP contribution is -2.49. The lowest BCUT2D eigenvalue weighted by atomic mass is 10.0. The Morgan fingerprint density at radius 2 is 1.86 bits per heavy atom.